The number of rotatable bonds is 5. The molecule has 0 aromatic rings. The first-order valence-corrected chi connectivity index (χ1v) is 8.32. The molecule has 0 aliphatic heterocycles. The predicted octanol–water partition coefficient (Wildman–Crippen LogP) is 4.20. The van der Waals surface area contributed by atoms with Gasteiger partial charge in [-0.1, -0.05) is 37.3 Å². The van der Waals surface area contributed by atoms with Crippen molar-refractivity contribution >= 4 is 0 Å². The van der Waals surface area contributed by atoms with Crippen LogP contribution < -0.4 is 5.32 Å². The van der Waals surface area contributed by atoms with Crippen molar-refractivity contribution in [3.05, 3.63) is 11.6 Å². The normalized spacial score (nSPS) is 25.5. The summed E-state index contributed by atoms with van der Waals surface area (Å²) in [6, 6.07) is 0.436. The van der Waals surface area contributed by atoms with Gasteiger partial charge in [0.05, 0.1) is 11.6 Å². The van der Waals surface area contributed by atoms with Gasteiger partial charge in [-0.05, 0) is 52.5 Å². The Kier molecular flexibility index (Phi) is 5.90. The Morgan fingerprint density at radius 2 is 1.89 bits per heavy atom. The number of allylic oxidation sites excluding steroid dienone is 1. The largest absolute Gasteiger partial charge is 0.373 e. The highest BCUT2D eigenvalue weighted by Crippen LogP contribution is 2.38. The molecule has 0 aromatic heterocycles. The monoisotopic (exact) mass is 265 g/mol. The molecule has 2 rings (SSSR count). The lowest BCUT2D eigenvalue weighted by Gasteiger charge is -2.44. The van der Waals surface area contributed by atoms with Crippen molar-refractivity contribution in [2.24, 2.45) is 0 Å². The molecule has 0 saturated heterocycles. The van der Waals surface area contributed by atoms with Gasteiger partial charge in [-0.15, -0.1) is 0 Å². The lowest BCUT2D eigenvalue weighted by Crippen LogP contribution is -2.53. The van der Waals surface area contributed by atoms with Crippen LogP contribution >= 0.6 is 0 Å². The minimum Gasteiger partial charge on any atom is -0.373 e. The van der Waals surface area contributed by atoms with Crippen LogP contribution in [0.4, 0.5) is 0 Å². The third-order valence-electron chi connectivity index (χ3n) is 4.89. The molecular formula is C17H31NO. The molecule has 1 atom stereocenters. The second-order valence-corrected chi connectivity index (χ2v) is 6.16. The van der Waals surface area contributed by atoms with Crippen molar-refractivity contribution in [3.8, 4) is 0 Å². The summed E-state index contributed by atoms with van der Waals surface area (Å²) in [6.45, 7) is 2.98. The highest BCUT2D eigenvalue weighted by atomic mass is 16.5. The minimum absolute atomic E-state index is 0.0674. The molecule has 1 fully saturated rings. The molecule has 0 radical (unpaired) electrons. The summed E-state index contributed by atoms with van der Waals surface area (Å²) in [5, 5.41) is 3.60. The van der Waals surface area contributed by atoms with Crippen LogP contribution in [-0.2, 0) is 4.74 Å². The SMILES string of the molecule is CCOC1(C(NC)C2=CCCCCC2)CCCCC1. The summed E-state index contributed by atoms with van der Waals surface area (Å²) in [4.78, 5) is 0. The Labute approximate surface area is 119 Å². The Hall–Kier alpha value is -0.340. The van der Waals surface area contributed by atoms with Gasteiger partial charge in [0.15, 0.2) is 0 Å². The summed E-state index contributed by atoms with van der Waals surface area (Å²) in [5.41, 5.74) is 1.69. The summed E-state index contributed by atoms with van der Waals surface area (Å²) in [7, 11) is 2.12. The topological polar surface area (TPSA) is 21.3 Å². The number of hydrogen-bond donors (Lipinski definition) is 1. The number of likely N-dealkylation sites (N-methyl/N-ethyl adjacent to an activating group) is 1. The molecule has 1 N–H and O–H groups in total. The maximum atomic E-state index is 6.31. The highest BCUT2D eigenvalue weighted by Gasteiger charge is 2.41. The Balaban J connectivity index is 2.17. The van der Waals surface area contributed by atoms with Crippen LogP contribution in [0.25, 0.3) is 0 Å². The van der Waals surface area contributed by atoms with Crippen LogP contribution in [0.3, 0.4) is 0 Å². The van der Waals surface area contributed by atoms with Crippen molar-refractivity contribution in [2.45, 2.75) is 82.8 Å². The van der Waals surface area contributed by atoms with Gasteiger partial charge in [0.25, 0.3) is 0 Å². The van der Waals surface area contributed by atoms with E-state index in [0.29, 0.717) is 6.04 Å². The zero-order chi connectivity index (χ0) is 13.6. The third kappa shape index (κ3) is 3.61. The molecule has 2 aliphatic carbocycles. The average Bonchev–Trinajstić information content (AvgIpc) is 2.70. The lowest BCUT2D eigenvalue weighted by atomic mass is 9.75. The van der Waals surface area contributed by atoms with Crippen molar-refractivity contribution in [1.29, 1.82) is 0 Å². The fraction of sp³-hybridized carbons (Fsp3) is 0.882. The Bertz CT molecular complexity index is 286. The summed E-state index contributed by atoms with van der Waals surface area (Å²) < 4.78 is 6.31. The van der Waals surface area contributed by atoms with E-state index < -0.39 is 0 Å². The van der Waals surface area contributed by atoms with E-state index >= 15 is 0 Å². The standard InChI is InChI=1S/C17H31NO/c1-3-19-17(13-9-6-10-14-17)16(18-2)15-11-7-4-5-8-12-15/h11,16,18H,3-10,12-14H2,1-2H3. The first kappa shape index (κ1) is 15.1. The van der Waals surface area contributed by atoms with Gasteiger partial charge < -0.3 is 10.1 Å². The molecule has 0 amide bonds. The maximum Gasteiger partial charge on any atom is 0.0872 e. The predicted molar refractivity (Wildman–Crippen MR) is 81.5 cm³/mol. The molecule has 0 bridgehead atoms. The second-order valence-electron chi connectivity index (χ2n) is 6.16. The van der Waals surface area contributed by atoms with E-state index in [9.17, 15) is 0 Å². The van der Waals surface area contributed by atoms with E-state index in [2.05, 4.69) is 25.4 Å². The van der Waals surface area contributed by atoms with Crippen molar-refractivity contribution in [1.82, 2.24) is 5.32 Å². The molecule has 0 heterocycles. The quantitative estimate of drug-likeness (QED) is 0.752. The summed E-state index contributed by atoms with van der Waals surface area (Å²) >= 11 is 0. The van der Waals surface area contributed by atoms with Crippen LogP contribution in [0.1, 0.15) is 71.1 Å². The minimum atomic E-state index is 0.0674. The number of hydrogen-bond acceptors (Lipinski definition) is 2. The first-order chi connectivity index (χ1) is 9.32. The van der Waals surface area contributed by atoms with Gasteiger partial charge >= 0.3 is 0 Å². The molecule has 19 heavy (non-hydrogen) atoms. The van der Waals surface area contributed by atoms with Gasteiger partial charge in [-0.3, -0.25) is 0 Å². The highest BCUT2D eigenvalue weighted by molar-refractivity contribution is 5.19. The van der Waals surface area contributed by atoms with Crippen molar-refractivity contribution < 1.29 is 4.74 Å². The zero-order valence-corrected chi connectivity index (χ0v) is 12.8. The van der Waals surface area contributed by atoms with E-state index in [1.807, 2.05) is 0 Å². The third-order valence-corrected chi connectivity index (χ3v) is 4.89. The molecule has 1 saturated carbocycles. The van der Waals surface area contributed by atoms with Crippen LogP contribution in [0.5, 0.6) is 0 Å². The van der Waals surface area contributed by atoms with Gasteiger partial charge in [-0.25, -0.2) is 0 Å². The maximum absolute atomic E-state index is 6.31. The zero-order valence-electron chi connectivity index (χ0n) is 12.8. The molecule has 110 valence electrons. The molecule has 0 aromatic carbocycles. The fourth-order valence-corrected chi connectivity index (χ4v) is 4.04. The van der Waals surface area contributed by atoms with Crippen LogP contribution in [0.2, 0.25) is 0 Å². The molecular weight excluding hydrogens is 234 g/mol. The smallest absolute Gasteiger partial charge is 0.0872 e. The molecule has 2 heteroatoms. The first-order valence-electron chi connectivity index (χ1n) is 8.32. The lowest BCUT2D eigenvalue weighted by molar-refractivity contribution is -0.0812. The molecule has 2 nitrogen and oxygen atoms in total. The number of ether oxygens (including phenoxy) is 1. The van der Waals surface area contributed by atoms with Crippen LogP contribution in [0, 0.1) is 0 Å². The number of nitrogens with one attached hydrogen (secondary N) is 1. The fourth-order valence-electron chi connectivity index (χ4n) is 4.04. The van der Waals surface area contributed by atoms with E-state index in [4.69, 9.17) is 4.74 Å². The van der Waals surface area contributed by atoms with Gasteiger partial charge in [0, 0.05) is 6.61 Å². The molecule has 1 unspecified atom stereocenters. The molecule has 0 spiro atoms. The summed E-state index contributed by atoms with van der Waals surface area (Å²) in [6.07, 6.45) is 15.6. The van der Waals surface area contributed by atoms with Gasteiger partial charge in [0.1, 0.15) is 0 Å². The van der Waals surface area contributed by atoms with Crippen LogP contribution in [-0.4, -0.2) is 25.3 Å². The van der Waals surface area contributed by atoms with Gasteiger partial charge in [0.2, 0.25) is 0 Å². The van der Waals surface area contributed by atoms with E-state index in [-0.39, 0.29) is 5.60 Å². The average molecular weight is 265 g/mol. The summed E-state index contributed by atoms with van der Waals surface area (Å²) in [5.74, 6) is 0. The van der Waals surface area contributed by atoms with E-state index in [0.717, 1.165) is 6.61 Å². The van der Waals surface area contributed by atoms with Crippen LogP contribution in [0.15, 0.2) is 11.6 Å². The van der Waals surface area contributed by atoms with Gasteiger partial charge in [-0.2, -0.15) is 0 Å². The Morgan fingerprint density at radius 3 is 2.58 bits per heavy atom. The van der Waals surface area contributed by atoms with E-state index in [1.54, 1.807) is 5.57 Å². The van der Waals surface area contributed by atoms with E-state index in [1.165, 1.54) is 64.2 Å². The Morgan fingerprint density at radius 1 is 1.16 bits per heavy atom. The van der Waals surface area contributed by atoms with Crippen molar-refractivity contribution in [3.63, 3.8) is 0 Å². The van der Waals surface area contributed by atoms with Crippen molar-refractivity contribution in [2.75, 3.05) is 13.7 Å². The molecule has 2 aliphatic rings. The second kappa shape index (κ2) is 7.44.